The van der Waals surface area contributed by atoms with Gasteiger partial charge >= 0.3 is 0 Å². The second-order valence-electron chi connectivity index (χ2n) is 2.44. The molecule has 0 saturated heterocycles. The van der Waals surface area contributed by atoms with Crippen molar-refractivity contribution in [1.29, 1.82) is 0 Å². The van der Waals surface area contributed by atoms with Crippen LogP contribution in [0.25, 0.3) is 0 Å². The van der Waals surface area contributed by atoms with Crippen LogP contribution in [0, 0.1) is 11.8 Å². The molecule has 3 aliphatic rings. The zero-order valence-corrected chi connectivity index (χ0v) is 6.69. The molecule has 3 fully saturated rings. The Morgan fingerprint density at radius 2 is 1.00 bits per heavy atom. The Kier molecular flexibility index (Phi) is 1.36. The second kappa shape index (κ2) is 1.56. The Morgan fingerprint density at radius 3 is 1.00 bits per heavy atom. The molecule has 0 atom stereocenters. The van der Waals surface area contributed by atoms with E-state index in [1.165, 1.54) is 11.8 Å². The second-order valence-corrected chi connectivity index (χ2v) is 2.44. The van der Waals surface area contributed by atoms with Crippen LogP contribution in [0.3, 0.4) is 0 Å². The van der Waals surface area contributed by atoms with Gasteiger partial charge in [0.2, 0.25) is 0 Å². The van der Waals surface area contributed by atoms with Crippen LogP contribution in [-0.2, 0) is 32.7 Å². The summed E-state index contributed by atoms with van der Waals surface area (Å²) >= 11 is 0. The summed E-state index contributed by atoms with van der Waals surface area (Å²) in [6.07, 6.45) is 4.75. The maximum absolute atomic E-state index is 1.58. The summed E-state index contributed by atoms with van der Waals surface area (Å²) in [7, 11) is 0. The van der Waals surface area contributed by atoms with Gasteiger partial charge < -0.3 is 0 Å². The average Bonchev–Trinajstić information content (AvgIpc) is 0.592. The summed E-state index contributed by atoms with van der Waals surface area (Å²) in [5.74, 6) is 2.42. The molecule has 0 aromatic carbocycles. The zero-order valence-electron chi connectivity index (χ0n) is 3.85. The van der Waals surface area contributed by atoms with Crippen molar-refractivity contribution >= 4 is 0 Å². The van der Waals surface area contributed by atoms with Gasteiger partial charge in [-0.25, -0.2) is 0 Å². The van der Waals surface area contributed by atoms with Gasteiger partial charge in [0.05, 0.1) is 0 Å². The molecule has 3 aliphatic carbocycles. The van der Waals surface area contributed by atoms with Gasteiger partial charge in [0.25, 0.3) is 0 Å². The molecule has 0 nitrogen and oxygen atoms in total. The van der Waals surface area contributed by atoms with Crippen LogP contribution in [0.15, 0.2) is 0 Å². The maximum atomic E-state index is 1.58. The van der Waals surface area contributed by atoms with Gasteiger partial charge in [-0.05, 0) is 31.1 Å². The van der Waals surface area contributed by atoms with Crippen molar-refractivity contribution in [2.75, 3.05) is 0 Å². The SMILES string of the molecule is C1C2CC1C2.[Y]. The summed E-state index contributed by atoms with van der Waals surface area (Å²) in [5, 5.41) is 0. The molecule has 31 valence electrons. The fraction of sp³-hybridized carbons (Fsp3) is 1.00. The Balaban J connectivity index is 0.000000180. The van der Waals surface area contributed by atoms with Crippen molar-refractivity contribution in [2.24, 2.45) is 11.8 Å². The van der Waals surface area contributed by atoms with Gasteiger partial charge in [-0.2, -0.15) is 0 Å². The molecule has 3 saturated carbocycles. The van der Waals surface area contributed by atoms with Crippen LogP contribution in [0.1, 0.15) is 19.3 Å². The largest absolute Gasteiger partial charge is 0.0475 e. The van der Waals surface area contributed by atoms with E-state index in [0.29, 0.717) is 0 Å². The van der Waals surface area contributed by atoms with E-state index >= 15 is 0 Å². The van der Waals surface area contributed by atoms with Gasteiger partial charge in [-0.3, -0.25) is 0 Å². The Bertz CT molecular complexity index is 40.7. The van der Waals surface area contributed by atoms with Crippen LogP contribution in [0.4, 0.5) is 0 Å². The number of rotatable bonds is 0. The molecule has 0 N–H and O–H groups in total. The van der Waals surface area contributed by atoms with Crippen LogP contribution < -0.4 is 0 Å². The molecular formula is C5H8Y. The predicted octanol–water partition coefficient (Wildman–Crippen LogP) is 1.41. The molecule has 3 rings (SSSR count). The van der Waals surface area contributed by atoms with E-state index < -0.39 is 0 Å². The van der Waals surface area contributed by atoms with Gasteiger partial charge in [-0.15, -0.1) is 0 Å². The third-order valence-corrected chi connectivity index (χ3v) is 2.00. The van der Waals surface area contributed by atoms with Gasteiger partial charge in [0.15, 0.2) is 0 Å². The van der Waals surface area contributed by atoms with E-state index in [-0.39, 0.29) is 32.7 Å². The zero-order chi connectivity index (χ0) is 3.28. The summed E-state index contributed by atoms with van der Waals surface area (Å²) in [6.45, 7) is 0. The van der Waals surface area contributed by atoms with E-state index in [9.17, 15) is 0 Å². The summed E-state index contributed by atoms with van der Waals surface area (Å²) in [6, 6.07) is 0. The van der Waals surface area contributed by atoms with E-state index in [4.69, 9.17) is 0 Å². The predicted molar refractivity (Wildman–Crippen MR) is 20.8 cm³/mol. The van der Waals surface area contributed by atoms with E-state index in [0.717, 1.165) is 0 Å². The first-order chi connectivity index (χ1) is 2.45. The summed E-state index contributed by atoms with van der Waals surface area (Å²) in [4.78, 5) is 0. The quantitative estimate of drug-likeness (QED) is 0.498. The summed E-state index contributed by atoms with van der Waals surface area (Å²) in [5.41, 5.74) is 0. The first-order valence-electron chi connectivity index (χ1n) is 2.45. The van der Waals surface area contributed by atoms with Crippen molar-refractivity contribution < 1.29 is 32.7 Å². The van der Waals surface area contributed by atoms with Crippen LogP contribution in [0.2, 0.25) is 0 Å². The third-order valence-electron chi connectivity index (χ3n) is 2.00. The van der Waals surface area contributed by atoms with Gasteiger partial charge in [0, 0.05) is 32.7 Å². The van der Waals surface area contributed by atoms with Crippen LogP contribution >= 0.6 is 0 Å². The van der Waals surface area contributed by atoms with Crippen molar-refractivity contribution in [3.63, 3.8) is 0 Å². The molecule has 0 heterocycles. The molecular weight excluding hydrogens is 149 g/mol. The molecule has 0 aliphatic heterocycles. The number of hydrogen-bond acceptors (Lipinski definition) is 0. The topological polar surface area (TPSA) is 0 Å². The Hall–Kier alpha value is 1.10. The standard InChI is InChI=1S/C5H8.Y/c1-4-2-5(1)3-4;/h4-5H,1-3H2;. The van der Waals surface area contributed by atoms with Crippen LogP contribution in [-0.4, -0.2) is 0 Å². The molecule has 1 radical (unpaired) electrons. The molecule has 0 spiro atoms. The van der Waals surface area contributed by atoms with Crippen LogP contribution in [0.5, 0.6) is 0 Å². The first-order valence-corrected chi connectivity index (χ1v) is 2.45. The summed E-state index contributed by atoms with van der Waals surface area (Å²) < 4.78 is 0. The molecule has 2 bridgehead atoms. The van der Waals surface area contributed by atoms with Crippen molar-refractivity contribution in [2.45, 2.75) is 19.3 Å². The van der Waals surface area contributed by atoms with E-state index in [2.05, 4.69) is 0 Å². The maximum Gasteiger partial charge on any atom is 0 e. The molecule has 0 aromatic rings. The third kappa shape index (κ3) is 0.501. The Labute approximate surface area is 63.6 Å². The van der Waals surface area contributed by atoms with Gasteiger partial charge in [-0.1, -0.05) is 0 Å². The smallest absolute Gasteiger partial charge is 0 e. The fourth-order valence-corrected chi connectivity index (χ4v) is 1.21. The monoisotopic (exact) mass is 157 g/mol. The van der Waals surface area contributed by atoms with E-state index in [1.807, 2.05) is 0 Å². The van der Waals surface area contributed by atoms with Crippen molar-refractivity contribution in [3.05, 3.63) is 0 Å². The molecule has 1 heteroatoms. The minimum Gasteiger partial charge on any atom is -0.0475 e. The number of hydrogen-bond donors (Lipinski definition) is 0. The normalized spacial score (nSPS) is 48.0. The molecule has 0 aromatic heterocycles. The molecule has 6 heavy (non-hydrogen) atoms. The van der Waals surface area contributed by atoms with Gasteiger partial charge in [0.1, 0.15) is 0 Å². The average molecular weight is 157 g/mol. The first kappa shape index (κ1) is 5.24. The minimum atomic E-state index is 0. The minimum absolute atomic E-state index is 0. The van der Waals surface area contributed by atoms with E-state index in [1.54, 1.807) is 19.3 Å². The van der Waals surface area contributed by atoms with Crippen molar-refractivity contribution in [1.82, 2.24) is 0 Å². The Morgan fingerprint density at radius 1 is 0.833 bits per heavy atom. The fourth-order valence-electron chi connectivity index (χ4n) is 1.21. The molecule has 0 unspecified atom stereocenters. The molecule has 0 amide bonds. The van der Waals surface area contributed by atoms with Crippen molar-refractivity contribution in [3.8, 4) is 0 Å².